The number of carbonyl (C=O) groups is 10. The average Bonchev–Trinajstić information content (AvgIpc) is 3.57. The van der Waals surface area contributed by atoms with Gasteiger partial charge in [0.05, 0.1) is 0 Å². The highest BCUT2D eigenvalue weighted by Gasteiger charge is 2.46. The van der Waals surface area contributed by atoms with Crippen LogP contribution in [-0.2, 0) is 60.8 Å². The zero-order valence-corrected chi connectivity index (χ0v) is 51.6. The van der Waals surface area contributed by atoms with Gasteiger partial charge < -0.3 is 47.4 Å². The maximum Gasteiger partial charge on any atom is 0.260 e. The van der Waals surface area contributed by atoms with Crippen molar-refractivity contribution in [1.29, 1.82) is 0 Å². The highest BCUT2D eigenvalue weighted by atomic mass is 16.2. The Hall–Kier alpha value is -6.98. The van der Waals surface area contributed by atoms with Crippen LogP contribution in [0.15, 0.2) is 60.7 Å². The number of hydrogen-bond acceptors (Lipinski definition) is 13. The third kappa shape index (κ3) is 18.5. The summed E-state index contributed by atoms with van der Waals surface area (Å²) in [7, 11) is 0. The summed E-state index contributed by atoms with van der Waals surface area (Å²) in [6, 6.07) is 5.35. The smallest absolute Gasteiger partial charge is 0.260 e. The Bertz CT molecular complexity index is 2610. The molecule has 0 radical (unpaired) electrons. The molecule has 11 atom stereocenters. The van der Waals surface area contributed by atoms with Crippen LogP contribution < -0.4 is 49.3 Å². The van der Waals surface area contributed by atoms with Crippen LogP contribution in [0.4, 0.5) is 0 Å². The summed E-state index contributed by atoms with van der Waals surface area (Å²) >= 11 is 0. The van der Waals surface area contributed by atoms with E-state index < -0.39 is 137 Å². The van der Waals surface area contributed by atoms with Crippen LogP contribution in [0.2, 0.25) is 0 Å². The van der Waals surface area contributed by atoms with E-state index in [1.54, 1.807) is 89.2 Å². The largest absolute Gasteiger partial charge is 0.343 e. The molecule has 5 rings (SSSR count). The van der Waals surface area contributed by atoms with Crippen molar-refractivity contribution in [2.75, 3.05) is 19.6 Å². The number of carbonyl (C=O) groups excluding carboxylic acids is 10. The van der Waals surface area contributed by atoms with Crippen LogP contribution in [0.3, 0.4) is 0 Å². The Morgan fingerprint density at radius 1 is 0.482 bits per heavy atom. The molecule has 85 heavy (non-hydrogen) atoms. The minimum Gasteiger partial charge on any atom is -0.343 e. The molecule has 10 amide bonds. The number of hydrazine groups is 2. The summed E-state index contributed by atoms with van der Waals surface area (Å²) in [5.41, 5.74) is 7.31. The molecule has 0 aliphatic carbocycles. The molecule has 3 heterocycles. The standard InChI is InChI=1S/C62H97N13O10/c1-11-12-26-43-53(76)67-44(33-36(2)3)54(77)68-45(34-41-22-15-13-16-23-41)59(82)72-31-20-28-46(72)56(79)70-51(39(8)9)61(84)74(64)48(27-19-30-63)57(80)71-52(40(10)37(4)5)62(85)75(65)49(35-42-24-17-14-18-25-42)60(83)73-32-21-29-47(73)55(78)69-50(38(6)7)58(81)66-43/h13-18,22-25,36-40,43-52H,11-12,19-21,26-35,63-65H2,1-10H3,(H,66,81)(H,67,76)(H,68,77)(H,69,78)(H,70,79)(H,71,80)/t40-,43+,44+,45-,46+,47+,48+,49-,50+,51+,52+/m1/s1. The molecule has 2 aromatic rings. The van der Waals surface area contributed by atoms with Gasteiger partial charge >= 0.3 is 0 Å². The normalized spacial score (nSPS) is 26.7. The van der Waals surface area contributed by atoms with Gasteiger partial charge in [-0.1, -0.05) is 143 Å². The Morgan fingerprint density at radius 2 is 0.953 bits per heavy atom. The van der Waals surface area contributed by atoms with E-state index in [1.165, 1.54) is 9.80 Å². The topological polar surface area (TPSA) is 334 Å². The van der Waals surface area contributed by atoms with Gasteiger partial charge in [0.1, 0.15) is 60.4 Å². The van der Waals surface area contributed by atoms with Crippen molar-refractivity contribution >= 4 is 59.1 Å². The summed E-state index contributed by atoms with van der Waals surface area (Å²) in [6.07, 6.45) is 2.81. The van der Waals surface area contributed by atoms with Gasteiger partial charge in [-0.2, -0.15) is 0 Å². The molecular weight excluding hydrogens is 1090 g/mol. The lowest BCUT2D eigenvalue weighted by molar-refractivity contribution is -0.152. The number of benzene rings is 2. The number of hydrogen-bond donors (Lipinski definition) is 9. The minimum absolute atomic E-state index is 0.0182. The molecule has 0 aromatic heterocycles. The van der Waals surface area contributed by atoms with Gasteiger partial charge in [-0.05, 0) is 98.6 Å². The molecule has 0 spiro atoms. The van der Waals surface area contributed by atoms with Gasteiger partial charge in [0.25, 0.3) is 11.8 Å². The Morgan fingerprint density at radius 3 is 1.47 bits per heavy atom. The number of fused-ring (bicyclic) bond motifs is 2. The highest BCUT2D eigenvalue weighted by Crippen LogP contribution is 2.26. The van der Waals surface area contributed by atoms with Crippen molar-refractivity contribution in [2.24, 2.45) is 47.0 Å². The van der Waals surface area contributed by atoms with Crippen molar-refractivity contribution < 1.29 is 47.9 Å². The van der Waals surface area contributed by atoms with Crippen LogP contribution in [0.1, 0.15) is 145 Å². The second kappa shape index (κ2) is 32.5. The minimum atomic E-state index is -1.43. The average molecular weight is 1180 g/mol. The number of nitrogens with zero attached hydrogens (tertiary/aromatic N) is 4. The number of nitrogens with two attached hydrogens (primary N) is 3. The summed E-state index contributed by atoms with van der Waals surface area (Å²) in [5.74, 6) is 4.39. The van der Waals surface area contributed by atoms with Crippen molar-refractivity contribution in [3.63, 3.8) is 0 Å². The predicted molar refractivity (Wildman–Crippen MR) is 322 cm³/mol. The van der Waals surface area contributed by atoms with E-state index in [0.717, 1.165) is 10.0 Å². The maximum atomic E-state index is 15.2. The second-order valence-electron chi connectivity index (χ2n) is 24.7. The Labute approximate surface area is 502 Å². The molecule has 470 valence electrons. The molecule has 0 bridgehead atoms. The number of amides is 10. The zero-order valence-electron chi connectivity index (χ0n) is 51.6. The summed E-state index contributed by atoms with van der Waals surface area (Å²) in [6.45, 7) is 18.3. The van der Waals surface area contributed by atoms with Crippen LogP contribution >= 0.6 is 0 Å². The fraction of sp³-hybridized carbons (Fsp3) is 0.645. The molecule has 12 N–H and O–H groups in total. The fourth-order valence-corrected chi connectivity index (χ4v) is 11.3. The fourth-order valence-electron chi connectivity index (χ4n) is 11.3. The summed E-state index contributed by atoms with van der Waals surface area (Å²) in [4.78, 5) is 151. The van der Waals surface area contributed by atoms with E-state index in [4.69, 9.17) is 17.4 Å². The predicted octanol–water partition coefficient (Wildman–Crippen LogP) is 2.10. The van der Waals surface area contributed by atoms with Gasteiger partial charge in [0, 0.05) is 25.9 Å². The molecule has 3 saturated heterocycles. The molecule has 3 aliphatic rings. The summed E-state index contributed by atoms with van der Waals surface area (Å²) in [5, 5.41) is 18.8. The van der Waals surface area contributed by atoms with E-state index in [2.05, 4.69) is 31.9 Å². The van der Waals surface area contributed by atoms with Crippen molar-refractivity contribution in [1.82, 2.24) is 51.7 Å². The third-order valence-electron chi connectivity index (χ3n) is 16.7. The quantitative estimate of drug-likeness (QED) is 0.0860. The molecule has 0 unspecified atom stereocenters. The first-order valence-corrected chi connectivity index (χ1v) is 30.7. The van der Waals surface area contributed by atoms with E-state index in [0.29, 0.717) is 36.8 Å². The molecule has 2 aromatic carbocycles. The van der Waals surface area contributed by atoms with E-state index in [1.807, 2.05) is 40.7 Å². The molecule has 3 aliphatic heterocycles. The number of rotatable bonds is 16. The van der Waals surface area contributed by atoms with E-state index >= 15 is 9.59 Å². The van der Waals surface area contributed by atoms with Crippen molar-refractivity contribution in [3.8, 4) is 0 Å². The first-order chi connectivity index (χ1) is 40.3. The molecular formula is C62H97N13O10. The molecule has 3 fully saturated rings. The lowest BCUT2D eigenvalue weighted by atomic mass is 9.88. The lowest BCUT2D eigenvalue weighted by Gasteiger charge is -2.38. The lowest BCUT2D eigenvalue weighted by Crippen LogP contribution is -2.65. The Kier molecular flexibility index (Phi) is 26.3. The van der Waals surface area contributed by atoms with E-state index in [-0.39, 0.29) is 82.8 Å². The number of nitrogens with one attached hydrogen (secondary N) is 6. The van der Waals surface area contributed by atoms with Crippen molar-refractivity contribution in [3.05, 3.63) is 71.8 Å². The maximum absolute atomic E-state index is 15.2. The van der Waals surface area contributed by atoms with Gasteiger partial charge in [0.2, 0.25) is 47.3 Å². The molecule has 23 nitrogen and oxygen atoms in total. The number of unbranched alkanes of at least 4 members (excludes halogenated alkanes) is 1. The highest BCUT2D eigenvalue weighted by molar-refractivity contribution is 6.00. The first kappa shape index (κ1) is 68.8. The van der Waals surface area contributed by atoms with Crippen LogP contribution in [-0.4, -0.2) is 159 Å². The van der Waals surface area contributed by atoms with Crippen LogP contribution in [0, 0.1) is 29.6 Å². The first-order valence-electron chi connectivity index (χ1n) is 30.7. The van der Waals surface area contributed by atoms with E-state index in [9.17, 15) is 38.4 Å². The monoisotopic (exact) mass is 1180 g/mol. The molecule has 0 saturated carbocycles. The van der Waals surface area contributed by atoms with Crippen molar-refractivity contribution in [2.45, 2.75) is 207 Å². The van der Waals surface area contributed by atoms with Gasteiger partial charge in [-0.15, -0.1) is 0 Å². The van der Waals surface area contributed by atoms with Gasteiger partial charge in [-0.3, -0.25) is 58.0 Å². The summed E-state index contributed by atoms with van der Waals surface area (Å²) < 4.78 is 0. The van der Waals surface area contributed by atoms with Crippen LogP contribution in [0.25, 0.3) is 0 Å². The zero-order chi connectivity index (χ0) is 62.8. The van der Waals surface area contributed by atoms with Crippen LogP contribution in [0.5, 0.6) is 0 Å². The SMILES string of the molecule is CCCC[C@@H]1NC(=O)[C@H](C(C)C)NC(=O)[C@@H]2CCCN2C(=O)[C@@H](Cc2ccccc2)N(N)C(=O)[C@H]([C@H](C)C(C)C)NC(=O)[C@H](CCCN)N(N)C(=O)[C@H](C(C)C)NC(=O)[C@@H]2CCCN2C(=O)[C@@H](Cc2ccccc2)NC(=O)[C@H](CC(C)C)NC1=O. The van der Waals surface area contributed by atoms with Gasteiger partial charge in [0.15, 0.2) is 0 Å². The Balaban J connectivity index is 1.64. The van der Waals surface area contributed by atoms with Gasteiger partial charge in [-0.25, -0.2) is 11.7 Å². The molecule has 23 heteroatoms. The third-order valence-corrected chi connectivity index (χ3v) is 16.7. The second-order valence-corrected chi connectivity index (χ2v) is 24.7.